The van der Waals surface area contributed by atoms with Crippen molar-refractivity contribution in [2.24, 2.45) is 10.9 Å². The van der Waals surface area contributed by atoms with Gasteiger partial charge in [0, 0.05) is 10.4 Å². The molecule has 1 heterocycles. The first-order chi connectivity index (χ1) is 8.82. The Kier molecular flexibility index (Phi) is 3.44. The molecule has 0 unspecified atom stereocenters. The van der Waals surface area contributed by atoms with E-state index >= 15 is 0 Å². The van der Waals surface area contributed by atoms with Gasteiger partial charge < -0.3 is 5.73 Å². The molecule has 1 aromatic carbocycles. The minimum absolute atomic E-state index is 0.0301. The summed E-state index contributed by atoms with van der Waals surface area (Å²) in [6.07, 6.45) is 0. The van der Waals surface area contributed by atoms with E-state index < -0.39 is 15.9 Å². The van der Waals surface area contributed by atoms with E-state index in [4.69, 9.17) is 10.9 Å². The zero-order valence-corrected chi connectivity index (χ0v) is 11.7. The van der Waals surface area contributed by atoms with E-state index in [2.05, 4.69) is 0 Å². The Labute approximate surface area is 114 Å². The lowest BCUT2D eigenvalue weighted by molar-refractivity contribution is 0.100. The Hall–Kier alpha value is -1.70. The van der Waals surface area contributed by atoms with Crippen LogP contribution in [0, 0.1) is 6.92 Å². The minimum Gasteiger partial charge on any atom is -0.365 e. The molecule has 2 rings (SSSR count). The maximum Gasteiger partial charge on any atom is 0.259 e. The molecular weight excluding hydrogens is 284 g/mol. The highest BCUT2D eigenvalue weighted by atomic mass is 32.2. The zero-order chi connectivity index (χ0) is 14.2. The highest BCUT2D eigenvalue weighted by Gasteiger charge is 2.26. The smallest absolute Gasteiger partial charge is 0.259 e. The van der Waals surface area contributed by atoms with Crippen LogP contribution in [0.2, 0.25) is 0 Å². The molecule has 2 aromatic rings. The lowest BCUT2D eigenvalue weighted by atomic mass is 10.1. The molecule has 1 aromatic heterocycles. The normalized spacial score (nSPS) is 11.5. The van der Waals surface area contributed by atoms with Crippen LogP contribution < -0.4 is 10.9 Å². The van der Waals surface area contributed by atoms with Gasteiger partial charge >= 0.3 is 0 Å². The third kappa shape index (κ3) is 2.53. The first-order valence-electron chi connectivity index (χ1n) is 5.33. The molecule has 0 aliphatic rings. The molecule has 100 valence electrons. The molecule has 1 amide bonds. The standard InChI is InChI=1S/C12H12N2O3S2/c1-7-11(19(14,16)17)9(10(18-7)12(13)15)8-5-3-2-4-6-8/h2-6H,1H3,(H2,13,15)(H2,14,16,17). The van der Waals surface area contributed by atoms with Crippen LogP contribution in [0.15, 0.2) is 35.2 Å². The van der Waals surface area contributed by atoms with E-state index in [9.17, 15) is 13.2 Å². The Morgan fingerprint density at radius 2 is 1.79 bits per heavy atom. The minimum atomic E-state index is -3.92. The van der Waals surface area contributed by atoms with Gasteiger partial charge in [0.25, 0.3) is 5.91 Å². The summed E-state index contributed by atoms with van der Waals surface area (Å²) in [6, 6.07) is 8.72. The lowest BCUT2D eigenvalue weighted by Crippen LogP contribution is -2.15. The third-order valence-corrected chi connectivity index (χ3v) is 4.93. The van der Waals surface area contributed by atoms with Crippen LogP contribution in [-0.4, -0.2) is 14.3 Å². The van der Waals surface area contributed by atoms with Crippen LogP contribution in [0.25, 0.3) is 11.1 Å². The summed E-state index contributed by atoms with van der Waals surface area (Å²) in [5.41, 5.74) is 6.20. The van der Waals surface area contributed by atoms with Crippen LogP contribution in [0.5, 0.6) is 0 Å². The van der Waals surface area contributed by atoms with E-state index in [1.807, 2.05) is 0 Å². The molecule has 0 radical (unpaired) electrons. The predicted molar refractivity (Wildman–Crippen MR) is 74.4 cm³/mol. The van der Waals surface area contributed by atoms with E-state index in [-0.39, 0.29) is 15.3 Å². The Morgan fingerprint density at radius 3 is 2.26 bits per heavy atom. The molecule has 0 aliphatic carbocycles. The van der Waals surface area contributed by atoms with Crippen molar-refractivity contribution in [2.75, 3.05) is 0 Å². The van der Waals surface area contributed by atoms with Gasteiger partial charge in [-0.15, -0.1) is 11.3 Å². The van der Waals surface area contributed by atoms with Gasteiger partial charge in [-0.2, -0.15) is 0 Å². The van der Waals surface area contributed by atoms with Gasteiger partial charge in [0.2, 0.25) is 10.0 Å². The van der Waals surface area contributed by atoms with Gasteiger partial charge in [-0.3, -0.25) is 4.79 Å². The average Bonchev–Trinajstić information content (AvgIpc) is 2.68. The number of nitrogens with two attached hydrogens (primary N) is 2. The summed E-state index contributed by atoms with van der Waals surface area (Å²) in [4.78, 5) is 12.1. The van der Waals surface area contributed by atoms with E-state index in [0.717, 1.165) is 11.3 Å². The lowest BCUT2D eigenvalue weighted by Gasteiger charge is -2.05. The fourth-order valence-corrected chi connectivity index (χ4v) is 4.28. The largest absolute Gasteiger partial charge is 0.365 e. The number of thiophene rings is 1. The Balaban J connectivity index is 2.87. The topological polar surface area (TPSA) is 103 Å². The number of benzene rings is 1. The molecule has 0 saturated carbocycles. The van der Waals surface area contributed by atoms with Crippen LogP contribution in [0.3, 0.4) is 0 Å². The summed E-state index contributed by atoms with van der Waals surface area (Å²) in [5.74, 6) is -0.665. The van der Waals surface area contributed by atoms with Gasteiger partial charge in [-0.25, -0.2) is 13.6 Å². The molecule has 0 bridgehead atoms. The second-order valence-corrected chi connectivity index (χ2v) is 6.69. The zero-order valence-electron chi connectivity index (χ0n) is 10.1. The summed E-state index contributed by atoms with van der Waals surface area (Å²) >= 11 is 1.04. The SMILES string of the molecule is Cc1sc(C(N)=O)c(-c2ccccc2)c1S(N)(=O)=O. The summed E-state index contributed by atoms with van der Waals surface area (Å²) < 4.78 is 23.4. The number of primary amides is 1. The summed E-state index contributed by atoms with van der Waals surface area (Å²) in [7, 11) is -3.92. The second kappa shape index (κ2) is 4.76. The van der Waals surface area contributed by atoms with Crippen molar-refractivity contribution >= 4 is 27.3 Å². The molecule has 0 aliphatic heterocycles. The maximum atomic E-state index is 11.7. The molecule has 4 N–H and O–H groups in total. The molecule has 19 heavy (non-hydrogen) atoms. The van der Waals surface area contributed by atoms with Crippen LogP contribution in [0.1, 0.15) is 14.5 Å². The van der Waals surface area contributed by atoms with Gasteiger partial charge in [-0.05, 0) is 12.5 Å². The predicted octanol–water partition coefficient (Wildman–Crippen LogP) is 1.47. The molecule has 0 fully saturated rings. The number of primary sulfonamides is 1. The van der Waals surface area contributed by atoms with Gasteiger partial charge in [0.1, 0.15) is 9.77 Å². The molecule has 0 spiro atoms. The van der Waals surface area contributed by atoms with Gasteiger partial charge in [0.05, 0.1) is 0 Å². The van der Waals surface area contributed by atoms with Crippen molar-refractivity contribution in [3.63, 3.8) is 0 Å². The highest BCUT2D eigenvalue weighted by molar-refractivity contribution is 7.89. The van der Waals surface area contributed by atoms with Crippen molar-refractivity contribution in [3.8, 4) is 11.1 Å². The number of carbonyl (C=O) groups is 1. The molecule has 7 heteroatoms. The number of rotatable bonds is 3. The maximum absolute atomic E-state index is 11.7. The van der Waals surface area contributed by atoms with Crippen LogP contribution in [0.4, 0.5) is 0 Å². The van der Waals surface area contributed by atoms with Crippen molar-refractivity contribution in [1.29, 1.82) is 0 Å². The van der Waals surface area contributed by atoms with Crippen molar-refractivity contribution in [3.05, 3.63) is 40.1 Å². The van der Waals surface area contributed by atoms with E-state index in [1.165, 1.54) is 0 Å². The fraction of sp³-hybridized carbons (Fsp3) is 0.0833. The average molecular weight is 296 g/mol. The quantitative estimate of drug-likeness (QED) is 0.896. The molecule has 5 nitrogen and oxygen atoms in total. The van der Waals surface area contributed by atoms with Crippen molar-refractivity contribution in [2.45, 2.75) is 11.8 Å². The van der Waals surface area contributed by atoms with Crippen LogP contribution >= 0.6 is 11.3 Å². The number of amides is 1. The van der Waals surface area contributed by atoms with Gasteiger partial charge in [-0.1, -0.05) is 30.3 Å². The summed E-state index contributed by atoms with van der Waals surface area (Å²) in [6.45, 7) is 1.60. The number of carbonyl (C=O) groups excluding carboxylic acids is 1. The van der Waals surface area contributed by atoms with Crippen molar-refractivity contribution < 1.29 is 13.2 Å². The Morgan fingerprint density at radius 1 is 1.21 bits per heavy atom. The van der Waals surface area contributed by atoms with E-state index in [1.54, 1.807) is 37.3 Å². The second-order valence-electron chi connectivity index (χ2n) is 3.97. The monoisotopic (exact) mass is 296 g/mol. The number of hydrogen-bond acceptors (Lipinski definition) is 4. The Bertz CT molecular complexity index is 734. The summed E-state index contributed by atoms with van der Waals surface area (Å²) in [5, 5.41) is 5.24. The van der Waals surface area contributed by atoms with Crippen molar-refractivity contribution in [1.82, 2.24) is 0 Å². The third-order valence-electron chi connectivity index (χ3n) is 2.60. The number of hydrogen-bond donors (Lipinski definition) is 2. The first-order valence-corrected chi connectivity index (χ1v) is 7.70. The molecule has 0 saturated heterocycles. The highest BCUT2D eigenvalue weighted by Crippen LogP contribution is 2.38. The molecular formula is C12H12N2O3S2. The fourth-order valence-electron chi connectivity index (χ4n) is 1.91. The van der Waals surface area contributed by atoms with E-state index in [0.29, 0.717) is 10.4 Å². The van der Waals surface area contributed by atoms with Crippen LogP contribution in [-0.2, 0) is 10.0 Å². The van der Waals surface area contributed by atoms with Gasteiger partial charge in [0.15, 0.2) is 0 Å². The first kappa shape index (κ1) is 13.7. The number of aryl methyl sites for hydroxylation is 1. The molecule has 0 atom stereocenters. The number of sulfonamides is 1.